The van der Waals surface area contributed by atoms with Crippen LogP contribution in [0, 0.1) is 0 Å². The van der Waals surface area contributed by atoms with E-state index in [1.807, 2.05) is 53.5 Å². The van der Waals surface area contributed by atoms with Crippen LogP contribution >= 0.6 is 11.6 Å². The number of amides is 1. The second-order valence-corrected chi connectivity index (χ2v) is 7.03. The maximum atomic E-state index is 12.8. The van der Waals surface area contributed by atoms with Gasteiger partial charge in [-0.1, -0.05) is 11.6 Å². The molecule has 0 fully saturated rings. The number of carbonyl (C=O) groups excluding carboxylic acids is 1. The van der Waals surface area contributed by atoms with Crippen molar-refractivity contribution < 1.29 is 14.3 Å². The third-order valence-electron chi connectivity index (χ3n) is 4.80. The van der Waals surface area contributed by atoms with Crippen LogP contribution in [0.4, 0.5) is 0 Å². The first-order valence-electron chi connectivity index (χ1n) is 9.73. The summed E-state index contributed by atoms with van der Waals surface area (Å²) in [7, 11) is 1.64. The number of methoxy groups -OCH3 is 1. The molecule has 0 saturated heterocycles. The first kappa shape index (κ1) is 21.1. The van der Waals surface area contributed by atoms with Gasteiger partial charge in [0.2, 0.25) is 5.91 Å². The molecule has 1 aromatic carbocycles. The molecule has 3 rings (SSSR count). The summed E-state index contributed by atoms with van der Waals surface area (Å²) < 4.78 is 12.5. The fourth-order valence-electron chi connectivity index (χ4n) is 3.25. The van der Waals surface area contributed by atoms with E-state index in [9.17, 15) is 4.79 Å². The van der Waals surface area contributed by atoms with Gasteiger partial charge in [0, 0.05) is 32.0 Å². The number of hydrogen-bond donors (Lipinski definition) is 0. The van der Waals surface area contributed by atoms with E-state index in [1.165, 1.54) is 0 Å². The molecule has 154 valence electrons. The van der Waals surface area contributed by atoms with Gasteiger partial charge in [-0.05, 0) is 50.2 Å². The van der Waals surface area contributed by atoms with E-state index >= 15 is 0 Å². The Bertz CT molecular complexity index is 965. The molecule has 0 unspecified atom stereocenters. The molecule has 7 heteroatoms. The lowest BCUT2D eigenvalue weighted by molar-refractivity contribution is -0.130. The van der Waals surface area contributed by atoms with E-state index in [2.05, 4.69) is 0 Å². The van der Waals surface area contributed by atoms with E-state index < -0.39 is 0 Å². The van der Waals surface area contributed by atoms with Crippen molar-refractivity contribution in [2.45, 2.75) is 20.3 Å². The zero-order valence-electron chi connectivity index (χ0n) is 17.0. The average Bonchev–Trinajstić information content (AvgIpc) is 3.07. The Labute approximate surface area is 176 Å². The predicted octanol–water partition coefficient (Wildman–Crippen LogP) is 4.09. The summed E-state index contributed by atoms with van der Waals surface area (Å²) in [6, 6.07) is 11.4. The van der Waals surface area contributed by atoms with E-state index in [4.69, 9.17) is 26.1 Å². The monoisotopic (exact) mass is 415 g/mol. The summed E-state index contributed by atoms with van der Waals surface area (Å²) in [5.41, 5.74) is 3.28. The maximum absolute atomic E-state index is 12.8. The van der Waals surface area contributed by atoms with E-state index in [1.54, 1.807) is 19.4 Å². The molecule has 0 N–H and O–H groups in total. The van der Waals surface area contributed by atoms with Crippen molar-refractivity contribution in [1.82, 2.24) is 14.3 Å². The molecule has 29 heavy (non-hydrogen) atoms. The fourth-order valence-corrected chi connectivity index (χ4v) is 3.41. The number of hydrogen-bond acceptors (Lipinski definition) is 4. The third kappa shape index (κ3) is 4.89. The van der Waals surface area contributed by atoms with Gasteiger partial charge in [0.15, 0.2) is 0 Å². The standard InChI is InChI=1S/C22H26ClN3O3/c1-4-25(5-2)21(27)14-19-22(24-20-11-8-17(23)15-26(19)20)16-6-9-18(10-7-16)29-13-12-28-3/h6-11,15H,4-5,12-14H2,1-3H3. The number of carbonyl (C=O) groups is 1. The van der Waals surface area contributed by atoms with Crippen LogP contribution in [-0.2, 0) is 16.0 Å². The van der Waals surface area contributed by atoms with Gasteiger partial charge >= 0.3 is 0 Å². The average molecular weight is 416 g/mol. The molecule has 2 heterocycles. The van der Waals surface area contributed by atoms with Crippen molar-refractivity contribution in [1.29, 1.82) is 0 Å². The molecule has 0 radical (unpaired) electrons. The van der Waals surface area contributed by atoms with E-state index in [0.717, 1.165) is 28.3 Å². The lowest BCUT2D eigenvalue weighted by Gasteiger charge is -2.18. The van der Waals surface area contributed by atoms with Crippen molar-refractivity contribution in [2.75, 3.05) is 33.4 Å². The van der Waals surface area contributed by atoms with E-state index in [0.29, 0.717) is 31.3 Å². The summed E-state index contributed by atoms with van der Waals surface area (Å²) in [4.78, 5) is 19.4. The summed E-state index contributed by atoms with van der Waals surface area (Å²) >= 11 is 6.21. The molecule has 6 nitrogen and oxygen atoms in total. The molecule has 0 aliphatic rings. The van der Waals surface area contributed by atoms with Crippen molar-refractivity contribution >= 4 is 23.2 Å². The van der Waals surface area contributed by atoms with Crippen LogP contribution in [0.1, 0.15) is 19.5 Å². The van der Waals surface area contributed by atoms with E-state index in [-0.39, 0.29) is 12.3 Å². The molecule has 2 aromatic heterocycles. The predicted molar refractivity (Wildman–Crippen MR) is 115 cm³/mol. The number of imidazole rings is 1. The number of rotatable bonds is 9. The minimum Gasteiger partial charge on any atom is -0.491 e. The van der Waals surface area contributed by atoms with Crippen LogP contribution < -0.4 is 4.74 Å². The Morgan fingerprint density at radius 2 is 1.83 bits per heavy atom. The number of pyridine rings is 1. The highest BCUT2D eigenvalue weighted by Crippen LogP contribution is 2.28. The highest BCUT2D eigenvalue weighted by atomic mass is 35.5. The van der Waals surface area contributed by atoms with Crippen LogP contribution in [0.5, 0.6) is 5.75 Å². The molecule has 0 spiro atoms. The Morgan fingerprint density at radius 3 is 2.48 bits per heavy atom. The summed E-state index contributed by atoms with van der Waals surface area (Å²) in [5.74, 6) is 0.830. The number of benzene rings is 1. The Balaban J connectivity index is 1.97. The highest BCUT2D eigenvalue weighted by Gasteiger charge is 2.20. The quantitative estimate of drug-likeness (QED) is 0.494. The Kier molecular flexibility index (Phi) is 7.12. The number of likely N-dealkylation sites (N-methyl/N-ethyl adjacent to an activating group) is 1. The fraction of sp³-hybridized carbons (Fsp3) is 0.364. The molecule has 3 aromatic rings. The topological polar surface area (TPSA) is 56.1 Å². The molecular weight excluding hydrogens is 390 g/mol. The summed E-state index contributed by atoms with van der Waals surface area (Å²) in [6.45, 7) is 6.34. The van der Waals surface area contributed by atoms with Crippen molar-refractivity contribution in [2.24, 2.45) is 0 Å². The minimum atomic E-state index is 0.0672. The van der Waals surface area contributed by atoms with Gasteiger partial charge in [0.1, 0.15) is 18.0 Å². The number of fused-ring (bicyclic) bond motifs is 1. The Hall–Kier alpha value is -2.57. The van der Waals surface area contributed by atoms with Gasteiger partial charge < -0.3 is 18.8 Å². The lowest BCUT2D eigenvalue weighted by Crippen LogP contribution is -2.32. The van der Waals surface area contributed by atoms with Crippen LogP contribution in [-0.4, -0.2) is 53.6 Å². The van der Waals surface area contributed by atoms with Crippen LogP contribution in [0.3, 0.4) is 0 Å². The molecule has 0 aliphatic carbocycles. The minimum absolute atomic E-state index is 0.0672. The third-order valence-corrected chi connectivity index (χ3v) is 5.02. The molecule has 1 amide bonds. The van der Waals surface area contributed by atoms with Gasteiger partial charge in [-0.25, -0.2) is 4.98 Å². The number of ether oxygens (including phenoxy) is 2. The largest absolute Gasteiger partial charge is 0.491 e. The van der Waals surface area contributed by atoms with Crippen LogP contribution in [0.15, 0.2) is 42.6 Å². The zero-order chi connectivity index (χ0) is 20.8. The number of aromatic nitrogens is 2. The molecular formula is C22H26ClN3O3. The van der Waals surface area contributed by atoms with Crippen molar-refractivity contribution in [3.05, 3.63) is 53.3 Å². The second-order valence-electron chi connectivity index (χ2n) is 6.59. The smallest absolute Gasteiger partial charge is 0.228 e. The molecule has 0 atom stereocenters. The van der Waals surface area contributed by atoms with Gasteiger partial charge in [-0.3, -0.25) is 4.79 Å². The zero-order valence-corrected chi connectivity index (χ0v) is 17.8. The molecule has 0 aliphatic heterocycles. The van der Waals surface area contributed by atoms with Gasteiger partial charge in [-0.2, -0.15) is 0 Å². The highest BCUT2D eigenvalue weighted by molar-refractivity contribution is 6.30. The summed E-state index contributed by atoms with van der Waals surface area (Å²) in [6.07, 6.45) is 2.06. The van der Waals surface area contributed by atoms with Crippen molar-refractivity contribution in [3.8, 4) is 17.0 Å². The molecule has 0 saturated carbocycles. The molecule has 0 bridgehead atoms. The van der Waals surface area contributed by atoms with Gasteiger partial charge in [0.05, 0.1) is 29.4 Å². The Morgan fingerprint density at radius 1 is 1.10 bits per heavy atom. The number of nitrogens with zero attached hydrogens (tertiary/aromatic N) is 3. The first-order chi connectivity index (χ1) is 14.1. The van der Waals surface area contributed by atoms with Crippen LogP contribution in [0.2, 0.25) is 5.02 Å². The second kappa shape index (κ2) is 9.76. The van der Waals surface area contributed by atoms with Crippen LogP contribution in [0.25, 0.3) is 16.9 Å². The first-order valence-corrected chi connectivity index (χ1v) is 10.1. The SMILES string of the molecule is CCN(CC)C(=O)Cc1c(-c2ccc(OCCOC)cc2)nc2ccc(Cl)cn12. The number of halogens is 1. The van der Waals surface area contributed by atoms with Gasteiger partial charge in [0.25, 0.3) is 0 Å². The van der Waals surface area contributed by atoms with Gasteiger partial charge in [-0.15, -0.1) is 0 Å². The summed E-state index contributed by atoms with van der Waals surface area (Å²) in [5, 5.41) is 0.597. The lowest BCUT2D eigenvalue weighted by atomic mass is 10.1. The normalized spacial score (nSPS) is 11.0. The van der Waals surface area contributed by atoms with Crippen molar-refractivity contribution in [3.63, 3.8) is 0 Å². The maximum Gasteiger partial charge on any atom is 0.228 e.